The number of rotatable bonds is 4. The predicted octanol–water partition coefficient (Wildman–Crippen LogP) is 1.99. The van der Waals surface area contributed by atoms with Crippen molar-refractivity contribution in [3.63, 3.8) is 0 Å². The molecule has 0 rings (SSSR count). The molecular weight excluding hydrogens is 168 g/mol. The summed E-state index contributed by atoms with van der Waals surface area (Å²) in [5, 5.41) is 0. The van der Waals surface area contributed by atoms with Crippen molar-refractivity contribution in [3.05, 3.63) is 24.3 Å². The Hall–Kier alpha value is -1.38. The molecule has 0 spiro atoms. The van der Waals surface area contributed by atoms with Gasteiger partial charge >= 0.3 is 11.9 Å². The molecule has 0 atom stereocenters. The van der Waals surface area contributed by atoms with Crippen molar-refractivity contribution in [2.45, 2.75) is 26.7 Å². The minimum Gasteiger partial charge on any atom is -0.393 e. The van der Waals surface area contributed by atoms with Crippen molar-refractivity contribution < 1.29 is 14.3 Å². The van der Waals surface area contributed by atoms with Crippen molar-refractivity contribution in [2.75, 3.05) is 0 Å². The normalized spacial score (nSPS) is 10.9. The van der Waals surface area contributed by atoms with E-state index in [4.69, 9.17) is 0 Å². The van der Waals surface area contributed by atoms with Crippen molar-refractivity contribution >= 4 is 11.9 Å². The standard InChI is InChI=1S/C10H14O3/c1-3-5-7-9(11)13-10(12)8-6-4-2/h3-6H,7-8H2,1-2H3/b5-3+,6-4+. The van der Waals surface area contributed by atoms with E-state index in [1.165, 1.54) is 0 Å². The van der Waals surface area contributed by atoms with Gasteiger partial charge in [0, 0.05) is 0 Å². The van der Waals surface area contributed by atoms with Crippen LogP contribution in [0.15, 0.2) is 24.3 Å². The monoisotopic (exact) mass is 182 g/mol. The highest BCUT2D eigenvalue weighted by atomic mass is 16.6. The first kappa shape index (κ1) is 11.6. The second-order valence-corrected chi connectivity index (χ2v) is 2.39. The third kappa shape index (κ3) is 7.00. The first-order valence-electron chi connectivity index (χ1n) is 4.16. The summed E-state index contributed by atoms with van der Waals surface area (Å²) in [6.07, 6.45) is 7.06. The van der Waals surface area contributed by atoms with E-state index in [-0.39, 0.29) is 12.8 Å². The molecule has 0 aromatic rings. The van der Waals surface area contributed by atoms with Gasteiger partial charge in [0.1, 0.15) is 0 Å². The van der Waals surface area contributed by atoms with Crippen LogP contribution < -0.4 is 0 Å². The summed E-state index contributed by atoms with van der Waals surface area (Å²) >= 11 is 0. The molecule has 0 fully saturated rings. The van der Waals surface area contributed by atoms with Gasteiger partial charge in [-0.15, -0.1) is 0 Å². The number of esters is 2. The molecule has 0 aromatic heterocycles. The number of hydrogen-bond donors (Lipinski definition) is 0. The van der Waals surface area contributed by atoms with E-state index in [1.807, 2.05) is 0 Å². The third-order valence-corrected chi connectivity index (χ3v) is 1.27. The Kier molecular flexibility index (Phi) is 6.51. The molecule has 3 heteroatoms. The van der Waals surface area contributed by atoms with Gasteiger partial charge < -0.3 is 4.74 Å². The lowest BCUT2D eigenvalue weighted by atomic mass is 10.4. The summed E-state index contributed by atoms with van der Waals surface area (Å²) in [5.74, 6) is -1.01. The molecule has 0 aliphatic carbocycles. The van der Waals surface area contributed by atoms with Gasteiger partial charge in [0.25, 0.3) is 0 Å². The second kappa shape index (κ2) is 7.28. The molecule has 0 unspecified atom stereocenters. The van der Waals surface area contributed by atoms with Crippen LogP contribution in [0.5, 0.6) is 0 Å². The maximum atomic E-state index is 10.9. The Balaban J connectivity index is 3.71. The third-order valence-electron chi connectivity index (χ3n) is 1.27. The first-order chi connectivity index (χ1) is 6.20. The number of carbonyl (C=O) groups excluding carboxylic acids is 2. The average molecular weight is 182 g/mol. The van der Waals surface area contributed by atoms with Gasteiger partial charge in [-0.25, -0.2) is 0 Å². The molecule has 72 valence electrons. The van der Waals surface area contributed by atoms with Gasteiger partial charge in [-0.3, -0.25) is 9.59 Å². The van der Waals surface area contributed by atoms with Crippen LogP contribution in [0.1, 0.15) is 26.7 Å². The topological polar surface area (TPSA) is 43.4 Å². The van der Waals surface area contributed by atoms with Gasteiger partial charge in [0.15, 0.2) is 0 Å². The first-order valence-corrected chi connectivity index (χ1v) is 4.16. The molecule has 0 aliphatic heterocycles. The Morgan fingerprint density at radius 1 is 1.00 bits per heavy atom. The van der Waals surface area contributed by atoms with Crippen LogP contribution in [0.4, 0.5) is 0 Å². The van der Waals surface area contributed by atoms with Crippen LogP contribution in [0, 0.1) is 0 Å². The van der Waals surface area contributed by atoms with Gasteiger partial charge in [-0.2, -0.15) is 0 Å². The molecular formula is C10H14O3. The molecule has 0 aromatic carbocycles. The molecule has 0 radical (unpaired) electrons. The largest absolute Gasteiger partial charge is 0.393 e. The molecule has 0 heterocycles. The summed E-state index contributed by atoms with van der Waals surface area (Å²) in [6, 6.07) is 0. The van der Waals surface area contributed by atoms with Crippen molar-refractivity contribution in [3.8, 4) is 0 Å². The van der Waals surface area contributed by atoms with Crippen LogP contribution in [0.3, 0.4) is 0 Å². The highest BCUT2D eigenvalue weighted by molar-refractivity contribution is 5.86. The second-order valence-electron chi connectivity index (χ2n) is 2.39. The molecule has 0 saturated carbocycles. The van der Waals surface area contributed by atoms with Gasteiger partial charge in [-0.05, 0) is 13.8 Å². The van der Waals surface area contributed by atoms with E-state index in [1.54, 1.807) is 38.2 Å². The number of ether oxygens (including phenoxy) is 1. The molecule has 0 aliphatic rings. The number of carbonyl (C=O) groups is 2. The van der Waals surface area contributed by atoms with E-state index in [9.17, 15) is 9.59 Å². The maximum absolute atomic E-state index is 10.9. The predicted molar refractivity (Wildman–Crippen MR) is 50.0 cm³/mol. The quantitative estimate of drug-likeness (QED) is 0.379. The fourth-order valence-corrected chi connectivity index (χ4v) is 0.638. The number of hydrogen-bond acceptors (Lipinski definition) is 3. The lowest BCUT2D eigenvalue weighted by molar-refractivity contribution is -0.158. The summed E-state index contributed by atoms with van der Waals surface area (Å²) < 4.78 is 4.47. The fourth-order valence-electron chi connectivity index (χ4n) is 0.638. The molecule has 0 saturated heterocycles. The summed E-state index contributed by atoms with van der Waals surface area (Å²) in [5.41, 5.74) is 0. The Morgan fingerprint density at radius 2 is 1.38 bits per heavy atom. The summed E-state index contributed by atoms with van der Waals surface area (Å²) in [4.78, 5) is 21.7. The summed E-state index contributed by atoms with van der Waals surface area (Å²) in [7, 11) is 0. The van der Waals surface area contributed by atoms with Gasteiger partial charge in [0.2, 0.25) is 0 Å². The lowest BCUT2D eigenvalue weighted by Crippen LogP contribution is -2.10. The van der Waals surface area contributed by atoms with E-state index in [2.05, 4.69) is 4.74 Å². The highest BCUT2D eigenvalue weighted by Crippen LogP contribution is 1.93. The molecule has 0 N–H and O–H groups in total. The molecule has 0 amide bonds. The van der Waals surface area contributed by atoms with E-state index in [0.717, 1.165) is 0 Å². The highest BCUT2D eigenvalue weighted by Gasteiger charge is 2.05. The van der Waals surface area contributed by atoms with Gasteiger partial charge in [0.05, 0.1) is 12.8 Å². The fraction of sp³-hybridized carbons (Fsp3) is 0.400. The van der Waals surface area contributed by atoms with E-state index >= 15 is 0 Å². The number of allylic oxidation sites excluding steroid dienone is 2. The van der Waals surface area contributed by atoms with E-state index < -0.39 is 11.9 Å². The van der Waals surface area contributed by atoms with Gasteiger partial charge in [-0.1, -0.05) is 24.3 Å². The SMILES string of the molecule is C/C=C/CC(=O)OC(=O)C/C=C/C. The smallest absolute Gasteiger partial charge is 0.317 e. The zero-order valence-electron chi connectivity index (χ0n) is 7.95. The van der Waals surface area contributed by atoms with Crippen LogP contribution in [-0.2, 0) is 14.3 Å². The summed E-state index contributed by atoms with van der Waals surface area (Å²) in [6.45, 7) is 3.60. The van der Waals surface area contributed by atoms with E-state index in [0.29, 0.717) is 0 Å². The zero-order chi connectivity index (χ0) is 10.1. The average Bonchev–Trinajstić information content (AvgIpc) is 2.11. The minimum absolute atomic E-state index is 0.151. The Labute approximate surface area is 78.1 Å². The van der Waals surface area contributed by atoms with Crippen LogP contribution in [-0.4, -0.2) is 11.9 Å². The van der Waals surface area contributed by atoms with Crippen LogP contribution >= 0.6 is 0 Å². The van der Waals surface area contributed by atoms with Crippen molar-refractivity contribution in [1.82, 2.24) is 0 Å². The lowest BCUT2D eigenvalue weighted by Gasteiger charge is -1.97. The zero-order valence-corrected chi connectivity index (χ0v) is 7.95. The Morgan fingerprint density at radius 3 is 1.69 bits per heavy atom. The van der Waals surface area contributed by atoms with Crippen molar-refractivity contribution in [1.29, 1.82) is 0 Å². The minimum atomic E-state index is -0.507. The molecule has 3 nitrogen and oxygen atoms in total. The molecule has 0 bridgehead atoms. The molecule has 13 heavy (non-hydrogen) atoms. The maximum Gasteiger partial charge on any atom is 0.317 e. The van der Waals surface area contributed by atoms with Crippen LogP contribution in [0.25, 0.3) is 0 Å². The Bertz CT molecular complexity index is 202. The van der Waals surface area contributed by atoms with Crippen LogP contribution in [0.2, 0.25) is 0 Å². The van der Waals surface area contributed by atoms with Crippen molar-refractivity contribution in [2.24, 2.45) is 0 Å².